The minimum absolute atomic E-state index is 0.804. The Morgan fingerprint density at radius 1 is 0.897 bits per heavy atom. The van der Waals surface area contributed by atoms with E-state index in [0.29, 0.717) is 0 Å². The normalized spacial score (nSPS) is 15.4. The van der Waals surface area contributed by atoms with Crippen LogP contribution in [-0.4, -0.2) is 57.2 Å². The van der Waals surface area contributed by atoms with Crippen molar-refractivity contribution in [3.63, 3.8) is 0 Å². The van der Waals surface area contributed by atoms with E-state index in [-0.39, 0.29) is 0 Å². The molecular formula is C24H35N5. The van der Waals surface area contributed by atoms with Gasteiger partial charge in [-0.1, -0.05) is 42.5 Å². The summed E-state index contributed by atoms with van der Waals surface area (Å²) in [6.45, 7) is 9.64. The average Bonchev–Trinajstić information content (AvgIpc) is 2.77. The maximum absolute atomic E-state index is 4.34. The zero-order valence-electron chi connectivity index (χ0n) is 17.9. The Kier molecular flexibility index (Phi) is 8.38. The maximum Gasteiger partial charge on any atom is 0.191 e. The second kappa shape index (κ2) is 11.5. The first kappa shape index (κ1) is 21.2. The number of nitrogens with zero attached hydrogens (tertiary/aromatic N) is 3. The molecular weight excluding hydrogens is 358 g/mol. The zero-order valence-corrected chi connectivity index (χ0v) is 17.9. The van der Waals surface area contributed by atoms with Crippen LogP contribution in [-0.2, 0) is 6.54 Å². The van der Waals surface area contributed by atoms with Crippen molar-refractivity contribution < 1.29 is 0 Å². The van der Waals surface area contributed by atoms with Gasteiger partial charge in [0.2, 0.25) is 0 Å². The van der Waals surface area contributed by atoms with Crippen molar-refractivity contribution in [2.24, 2.45) is 4.99 Å². The molecule has 0 spiro atoms. The van der Waals surface area contributed by atoms with Gasteiger partial charge in [0.25, 0.3) is 0 Å². The van der Waals surface area contributed by atoms with E-state index in [1.54, 1.807) is 0 Å². The van der Waals surface area contributed by atoms with Gasteiger partial charge in [0.1, 0.15) is 0 Å². The van der Waals surface area contributed by atoms with E-state index in [1.807, 2.05) is 7.05 Å². The van der Waals surface area contributed by atoms with Gasteiger partial charge in [-0.05, 0) is 49.6 Å². The minimum Gasteiger partial charge on any atom is -0.369 e. The molecule has 1 fully saturated rings. The van der Waals surface area contributed by atoms with E-state index in [4.69, 9.17) is 0 Å². The van der Waals surface area contributed by atoms with Gasteiger partial charge in [0, 0.05) is 52.0 Å². The van der Waals surface area contributed by atoms with Crippen molar-refractivity contribution in [2.45, 2.75) is 26.3 Å². The number of rotatable bonds is 8. The smallest absolute Gasteiger partial charge is 0.191 e. The number of hydrogen-bond acceptors (Lipinski definition) is 3. The molecule has 0 saturated carbocycles. The minimum atomic E-state index is 0.804. The molecule has 156 valence electrons. The number of benzene rings is 2. The quantitative estimate of drug-likeness (QED) is 0.410. The van der Waals surface area contributed by atoms with Gasteiger partial charge in [-0.2, -0.15) is 0 Å². The number of aliphatic imine (C=N–C) groups is 1. The predicted octanol–water partition coefficient (Wildman–Crippen LogP) is 3.26. The molecule has 1 aliphatic rings. The van der Waals surface area contributed by atoms with Gasteiger partial charge in [-0.15, -0.1) is 0 Å². The predicted molar refractivity (Wildman–Crippen MR) is 124 cm³/mol. The number of unbranched alkanes of at least 4 members (excludes halogenated alkanes) is 1. The Morgan fingerprint density at radius 3 is 2.34 bits per heavy atom. The molecule has 5 nitrogen and oxygen atoms in total. The van der Waals surface area contributed by atoms with Crippen LogP contribution in [0.2, 0.25) is 0 Å². The summed E-state index contributed by atoms with van der Waals surface area (Å²) in [4.78, 5) is 9.41. The average molecular weight is 394 g/mol. The van der Waals surface area contributed by atoms with Crippen LogP contribution in [0.5, 0.6) is 0 Å². The van der Waals surface area contributed by atoms with Crippen LogP contribution >= 0.6 is 0 Å². The van der Waals surface area contributed by atoms with Crippen LogP contribution in [0.4, 0.5) is 5.69 Å². The van der Waals surface area contributed by atoms with Crippen LogP contribution in [0.15, 0.2) is 59.6 Å². The van der Waals surface area contributed by atoms with E-state index in [2.05, 4.69) is 86.9 Å². The number of para-hydroxylation sites is 1. The Bertz CT molecular complexity index is 751. The Labute approximate surface area is 175 Å². The molecule has 0 bridgehead atoms. The zero-order chi connectivity index (χ0) is 20.3. The summed E-state index contributed by atoms with van der Waals surface area (Å²) in [5.74, 6) is 0.879. The van der Waals surface area contributed by atoms with Crippen LogP contribution in [0, 0.1) is 6.92 Å². The Hall–Kier alpha value is -2.53. The first-order valence-corrected chi connectivity index (χ1v) is 10.8. The van der Waals surface area contributed by atoms with Crippen LogP contribution < -0.4 is 15.5 Å². The van der Waals surface area contributed by atoms with Crippen molar-refractivity contribution in [2.75, 3.05) is 51.2 Å². The molecule has 1 saturated heterocycles. The summed E-state index contributed by atoms with van der Waals surface area (Å²) in [5, 5.41) is 6.85. The number of guanidine groups is 1. The summed E-state index contributed by atoms with van der Waals surface area (Å²) in [7, 11) is 1.83. The van der Waals surface area contributed by atoms with Crippen LogP contribution in [0.25, 0.3) is 0 Å². The van der Waals surface area contributed by atoms with Crippen molar-refractivity contribution in [3.8, 4) is 0 Å². The lowest BCUT2D eigenvalue weighted by molar-refractivity contribution is 0.253. The van der Waals surface area contributed by atoms with Crippen LogP contribution in [0.1, 0.15) is 24.0 Å². The van der Waals surface area contributed by atoms with Gasteiger partial charge in [0.05, 0.1) is 0 Å². The first-order valence-electron chi connectivity index (χ1n) is 10.8. The standard InChI is InChI=1S/C24H35N5/c1-21-10-6-7-11-22(21)20-27-24(25-2)26-14-8-9-15-28-16-18-29(19-17-28)23-12-4-3-5-13-23/h3-7,10-13H,8-9,14-20H2,1-2H3,(H2,25,26,27). The maximum atomic E-state index is 4.34. The summed E-state index contributed by atoms with van der Waals surface area (Å²) in [5.41, 5.74) is 3.97. The molecule has 1 heterocycles. The molecule has 2 aromatic carbocycles. The molecule has 0 aliphatic carbocycles. The SMILES string of the molecule is CN=C(NCCCCN1CCN(c2ccccc2)CC1)NCc1ccccc1C. The van der Waals surface area contributed by atoms with Gasteiger partial charge >= 0.3 is 0 Å². The molecule has 0 aromatic heterocycles. The topological polar surface area (TPSA) is 42.9 Å². The Morgan fingerprint density at radius 2 is 1.62 bits per heavy atom. The van der Waals surface area contributed by atoms with E-state index in [0.717, 1.165) is 51.6 Å². The molecule has 0 amide bonds. The molecule has 3 rings (SSSR count). The van der Waals surface area contributed by atoms with Crippen LogP contribution in [0.3, 0.4) is 0 Å². The van der Waals surface area contributed by atoms with Gasteiger partial charge in [-0.3, -0.25) is 9.89 Å². The highest BCUT2D eigenvalue weighted by Crippen LogP contribution is 2.15. The summed E-state index contributed by atoms with van der Waals surface area (Å²) >= 11 is 0. The highest BCUT2D eigenvalue weighted by atomic mass is 15.3. The molecule has 5 heteroatoms. The molecule has 2 aromatic rings. The van der Waals surface area contributed by atoms with Gasteiger partial charge in [0.15, 0.2) is 5.96 Å². The number of nitrogens with one attached hydrogen (secondary N) is 2. The second-order valence-electron chi connectivity index (χ2n) is 7.65. The number of anilines is 1. The molecule has 0 radical (unpaired) electrons. The van der Waals surface area contributed by atoms with E-state index < -0.39 is 0 Å². The first-order chi connectivity index (χ1) is 14.3. The fourth-order valence-electron chi connectivity index (χ4n) is 3.74. The molecule has 29 heavy (non-hydrogen) atoms. The number of aryl methyl sites for hydroxylation is 1. The third-order valence-electron chi connectivity index (χ3n) is 5.62. The van der Waals surface area contributed by atoms with E-state index in [1.165, 1.54) is 29.8 Å². The fraction of sp³-hybridized carbons (Fsp3) is 0.458. The number of hydrogen-bond donors (Lipinski definition) is 2. The lowest BCUT2D eigenvalue weighted by atomic mass is 10.1. The summed E-state index contributed by atoms with van der Waals surface area (Å²) < 4.78 is 0. The summed E-state index contributed by atoms with van der Waals surface area (Å²) in [6.07, 6.45) is 2.37. The second-order valence-corrected chi connectivity index (χ2v) is 7.65. The van der Waals surface area contributed by atoms with E-state index in [9.17, 15) is 0 Å². The monoisotopic (exact) mass is 393 g/mol. The van der Waals surface area contributed by atoms with Gasteiger partial charge in [-0.25, -0.2) is 0 Å². The highest BCUT2D eigenvalue weighted by Gasteiger charge is 2.16. The third-order valence-corrected chi connectivity index (χ3v) is 5.62. The lowest BCUT2D eigenvalue weighted by Crippen LogP contribution is -2.46. The number of piperazine rings is 1. The summed E-state index contributed by atoms with van der Waals surface area (Å²) in [6, 6.07) is 19.2. The largest absolute Gasteiger partial charge is 0.369 e. The third kappa shape index (κ3) is 6.79. The fourth-order valence-corrected chi connectivity index (χ4v) is 3.74. The molecule has 0 unspecified atom stereocenters. The van der Waals surface area contributed by atoms with E-state index >= 15 is 0 Å². The molecule has 2 N–H and O–H groups in total. The van der Waals surface area contributed by atoms with Crippen molar-refractivity contribution in [3.05, 3.63) is 65.7 Å². The molecule has 1 aliphatic heterocycles. The lowest BCUT2D eigenvalue weighted by Gasteiger charge is -2.36. The Balaban J connectivity index is 1.27. The van der Waals surface area contributed by atoms with Gasteiger partial charge < -0.3 is 15.5 Å². The van der Waals surface area contributed by atoms with Crippen molar-refractivity contribution >= 4 is 11.6 Å². The van der Waals surface area contributed by atoms with Crippen molar-refractivity contribution in [1.82, 2.24) is 15.5 Å². The highest BCUT2D eigenvalue weighted by molar-refractivity contribution is 5.79. The van der Waals surface area contributed by atoms with Crippen molar-refractivity contribution in [1.29, 1.82) is 0 Å². The molecule has 0 atom stereocenters.